The molecule has 0 aliphatic heterocycles. The summed E-state index contributed by atoms with van der Waals surface area (Å²) >= 11 is 0. The van der Waals surface area contributed by atoms with Crippen LogP contribution >= 0.6 is 0 Å². The highest BCUT2D eigenvalue weighted by molar-refractivity contribution is 5.97. The maximum absolute atomic E-state index is 12.5. The maximum atomic E-state index is 12.5. The zero-order valence-corrected chi connectivity index (χ0v) is 11.9. The molecule has 0 atom stereocenters. The van der Waals surface area contributed by atoms with Gasteiger partial charge >= 0.3 is 0 Å². The molecule has 0 unspecified atom stereocenters. The fraction of sp³-hybridized carbons (Fsp3) is 0.562. The molecule has 0 spiro atoms. The van der Waals surface area contributed by atoms with Gasteiger partial charge in [0.05, 0.1) is 5.56 Å². The third-order valence-corrected chi connectivity index (χ3v) is 4.08. The van der Waals surface area contributed by atoms with E-state index in [-0.39, 0.29) is 11.7 Å². The highest BCUT2D eigenvalue weighted by Crippen LogP contribution is 2.25. The standard InChI is InChI=1S/C16H23NO2/c1-12-9-10-15(18)14(11-12)16(19)17(2)13-7-5-3-4-6-8-13/h9-11,13,18H,3-8H2,1-2H3. The molecule has 0 radical (unpaired) electrons. The van der Waals surface area contributed by atoms with E-state index in [0.717, 1.165) is 18.4 Å². The molecule has 1 aliphatic rings. The van der Waals surface area contributed by atoms with Crippen LogP contribution in [0.3, 0.4) is 0 Å². The Bertz CT molecular complexity index is 448. The van der Waals surface area contributed by atoms with Gasteiger partial charge < -0.3 is 10.0 Å². The van der Waals surface area contributed by atoms with Crippen LogP contribution in [0.2, 0.25) is 0 Å². The summed E-state index contributed by atoms with van der Waals surface area (Å²) in [5.74, 6) is 0.0178. The van der Waals surface area contributed by atoms with Gasteiger partial charge in [-0.2, -0.15) is 0 Å². The van der Waals surface area contributed by atoms with Crippen LogP contribution in [0, 0.1) is 6.92 Å². The molecule has 0 heterocycles. The summed E-state index contributed by atoms with van der Waals surface area (Å²) in [7, 11) is 1.86. The molecule has 0 bridgehead atoms. The lowest BCUT2D eigenvalue weighted by atomic mass is 10.0. The van der Waals surface area contributed by atoms with Crippen LogP contribution in [-0.2, 0) is 0 Å². The monoisotopic (exact) mass is 261 g/mol. The summed E-state index contributed by atoms with van der Waals surface area (Å²) in [5.41, 5.74) is 1.42. The van der Waals surface area contributed by atoms with E-state index < -0.39 is 0 Å². The summed E-state index contributed by atoms with van der Waals surface area (Å²) in [6.07, 6.45) is 7.09. The van der Waals surface area contributed by atoms with Crippen molar-refractivity contribution in [1.29, 1.82) is 0 Å². The molecule has 0 saturated heterocycles. The zero-order valence-electron chi connectivity index (χ0n) is 11.9. The Balaban J connectivity index is 2.15. The molecule has 1 fully saturated rings. The van der Waals surface area contributed by atoms with Crippen LogP contribution in [0.15, 0.2) is 18.2 Å². The van der Waals surface area contributed by atoms with E-state index in [1.807, 2.05) is 24.9 Å². The number of carbonyl (C=O) groups is 1. The largest absolute Gasteiger partial charge is 0.507 e. The van der Waals surface area contributed by atoms with Crippen LogP contribution in [0.1, 0.15) is 54.4 Å². The van der Waals surface area contributed by atoms with Crippen LogP contribution < -0.4 is 0 Å². The first-order valence-corrected chi connectivity index (χ1v) is 7.16. The van der Waals surface area contributed by atoms with Gasteiger partial charge in [-0.05, 0) is 31.9 Å². The van der Waals surface area contributed by atoms with Crippen LogP contribution in [0.25, 0.3) is 0 Å². The Hall–Kier alpha value is -1.51. The van der Waals surface area contributed by atoms with Crippen LogP contribution in [0.4, 0.5) is 0 Å². The van der Waals surface area contributed by atoms with Gasteiger partial charge in [-0.1, -0.05) is 37.3 Å². The maximum Gasteiger partial charge on any atom is 0.257 e. The SMILES string of the molecule is Cc1ccc(O)c(C(=O)N(C)C2CCCCCC2)c1. The summed E-state index contributed by atoms with van der Waals surface area (Å²) in [6.45, 7) is 1.93. The molecule has 1 aromatic carbocycles. The fourth-order valence-corrected chi connectivity index (χ4v) is 2.82. The van der Waals surface area contributed by atoms with E-state index in [1.54, 1.807) is 12.1 Å². The first-order chi connectivity index (χ1) is 9.09. The lowest BCUT2D eigenvalue weighted by molar-refractivity contribution is 0.0714. The van der Waals surface area contributed by atoms with Crippen molar-refractivity contribution in [3.63, 3.8) is 0 Å². The average Bonchev–Trinajstić information content (AvgIpc) is 2.69. The predicted octanol–water partition coefficient (Wildman–Crippen LogP) is 3.50. The topological polar surface area (TPSA) is 40.5 Å². The van der Waals surface area contributed by atoms with E-state index in [4.69, 9.17) is 0 Å². The lowest BCUT2D eigenvalue weighted by Crippen LogP contribution is -2.36. The van der Waals surface area contributed by atoms with E-state index >= 15 is 0 Å². The minimum Gasteiger partial charge on any atom is -0.507 e. The van der Waals surface area contributed by atoms with E-state index in [9.17, 15) is 9.90 Å². The van der Waals surface area contributed by atoms with Crippen molar-refractivity contribution in [1.82, 2.24) is 4.90 Å². The van der Waals surface area contributed by atoms with Gasteiger partial charge in [0.25, 0.3) is 5.91 Å². The molecule has 3 nitrogen and oxygen atoms in total. The van der Waals surface area contributed by atoms with Crippen LogP contribution in [0.5, 0.6) is 5.75 Å². The first-order valence-electron chi connectivity index (χ1n) is 7.16. The normalized spacial score (nSPS) is 16.9. The number of aryl methyl sites for hydroxylation is 1. The third kappa shape index (κ3) is 3.28. The quantitative estimate of drug-likeness (QED) is 0.828. The lowest BCUT2D eigenvalue weighted by Gasteiger charge is -2.27. The van der Waals surface area contributed by atoms with E-state index in [1.165, 1.54) is 25.7 Å². The molecule has 1 saturated carbocycles. The molecule has 1 aliphatic carbocycles. The number of rotatable bonds is 2. The minimum atomic E-state index is -0.0619. The van der Waals surface area contributed by atoms with Gasteiger partial charge in [0.15, 0.2) is 0 Å². The second-order valence-electron chi connectivity index (χ2n) is 5.58. The van der Waals surface area contributed by atoms with Crippen molar-refractivity contribution in [2.24, 2.45) is 0 Å². The second kappa shape index (κ2) is 6.09. The number of nitrogens with zero attached hydrogens (tertiary/aromatic N) is 1. The summed E-state index contributed by atoms with van der Waals surface area (Å²) in [6, 6.07) is 5.50. The molecule has 19 heavy (non-hydrogen) atoms. The molecule has 1 N–H and O–H groups in total. The van der Waals surface area contributed by atoms with E-state index in [0.29, 0.717) is 11.6 Å². The highest BCUT2D eigenvalue weighted by atomic mass is 16.3. The Kier molecular flexibility index (Phi) is 4.46. The van der Waals surface area contributed by atoms with Crippen molar-refractivity contribution in [2.45, 2.75) is 51.5 Å². The van der Waals surface area contributed by atoms with E-state index in [2.05, 4.69) is 0 Å². The molecule has 0 aromatic heterocycles. The van der Waals surface area contributed by atoms with Crippen LogP contribution in [-0.4, -0.2) is 29.0 Å². The third-order valence-electron chi connectivity index (χ3n) is 4.08. The number of amides is 1. The van der Waals surface area contributed by atoms with Gasteiger partial charge in [0.2, 0.25) is 0 Å². The Morgan fingerprint density at radius 1 is 1.21 bits per heavy atom. The number of benzene rings is 1. The van der Waals surface area contributed by atoms with Gasteiger partial charge in [0, 0.05) is 13.1 Å². The van der Waals surface area contributed by atoms with Gasteiger partial charge in [-0.3, -0.25) is 4.79 Å². The number of hydrogen-bond donors (Lipinski definition) is 1. The second-order valence-corrected chi connectivity index (χ2v) is 5.58. The van der Waals surface area contributed by atoms with Crippen molar-refractivity contribution in [3.8, 4) is 5.75 Å². The number of carbonyl (C=O) groups excluding carboxylic acids is 1. The number of phenols is 1. The van der Waals surface area contributed by atoms with Gasteiger partial charge in [-0.15, -0.1) is 0 Å². The van der Waals surface area contributed by atoms with Crippen molar-refractivity contribution in [2.75, 3.05) is 7.05 Å². The highest BCUT2D eigenvalue weighted by Gasteiger charge is 2.23. The number of hydrogen-bond acceptors (Lipinski definition) is 2. The molecular formula is C16H23NO2. The molecular weight excluding hydrogens is 238 g/mol. The summed E-state index contributed by atoms with van der Waals surface area (Å²) < 4.78 is 0. The fourth-order valence-electron chi connectivity index (χ4n) is 2.82. The minimum absolute atomic E-state index is 0.0619. The van der Waals surface area contributed by atoms with Gasteiger partial charge in [-0.25, -0.2) is 0 Å². The van der Waals surface area contributed by atoms with Gasteiger partial charge in [0.1, 0.15) is 5.75 Å². The summed E-state index contributed by atoms with van der Waals surface area (Å²) in [5, 5.41) is 9.86. The smallest absolute Gasteiger partial charge is 0.257 e. The molecule has 3 heteroatoms. The molecule has 1 aromatic rings. The Morgan fingerprint density at radius 3 is 2.47 bits per heavy atom. The van der Waals surface area contributed by atoms with Crippen molar-refractivity contribution in [3.05, 3.63) is 29.3 Å². The molecule has 1 amide bonds. The Morgan fingerprint density at radius 2 is 1.84 bits per heavy atom. The zero-order chi connectivity index (χ0) is 13.8. The van der Waals surface area contributed by atoms with Crippen molar-refractivity contribution >= 4 is 5.91 Å². The predicted molar refractivity (Wildman–Crippen MR) is 76.4 cm³/mol. The average molecular weight is 261 g/mol. The first kappa shape index (κ1) is 13.9. The summed E-state index contributed by atoms with van der Waals surface area (Å²) in [4.78, 5) is 14.3. The van der Waals surface area contributed by atoms with Crippen molar-refractivity contribution < 1.29 is 9.90 Å². The number of aromatic hydroxyl groups is 1. The molecule has 104 valence electrons. The number of phenolic OH excluding ortho intramolecular Hbond substituents is 1. The Labute approximate surface area is 115 Å². The molecule has 2 rings (SSSR count).